The zero-order chi connectivity index (χ0) is 11.9. The Balaban J connectivity index is 4.36. The highest BCUT2D eigenvalue weighted by Gasteiger charge is 2.30. The Morgan fingerprint density at radius 2 is 1.73 bits per heavy atom. The van der Waals surface area contributed by atoms with Gasteiger partial charge in [0.05, 0.1) is 0 Å². The first-order valence-corrected chi connectivity index (χ1v) is 5.97. The summed E-state index contributed by atoms with van der Waals surface area (Å²) in [6, 6.07) is 0.0339. The molecule has 4 N–H and O–H groups in total. The Labute approximate surface area is 96.1 Å². The van der Waals surface area contributed by atoms with Crippen LogP contribution in [0.25, 0.3) is 0 Å². The van der Waals surface area contributed by atoms with Crippen molar-refractivity contribution in [2.24, 2.45) is 17.4 Å². The molecule has 2 atom stereocenters. The van der Waals surface area contributed by atoms with Gasteiger partial charge in [-0.3, -0.25) is 0 Å². The topological polar surface area (TPSA) is 70.5 Å². The van der Waals surface area contributed by atoms with Crippen LogP contribution in [-0.4, -0.2) is 41.5 Å². The summed E-state index contributed by atoms with van der Waals surface area (Å²) in [6.45, 7) is 7.50. The minimum Gasteiger partial charge on any atom is -0.355 e. The molecule has 2 unspecified atom stereocenters. The Bertz CT molecular complexity index is 162. The largest absolute Gasteiger partial charge is 0.355 e. The molecule has 0 rings (SSSR count). The summed E-state index contributed by atoms with van der Waals surface area (Å²) in [4.78, 5) is 0. The van der Waals surface area contributed by atoms with Gasteiger partial charge in [0.1, 0.15) is 15.7 Å². The molecular weight excluding hydrogens is 208 g/mol. The van der Waals surface area contributed by atoms with Crippen molar-refractivity contribution in [1.29, 1.82) is 0 Å². The third-order valence-electron chi connectivity index (χ3n) is 2.33. The summed E-state index contributed by atoms with van der Waals surface area (Å²) in [6.07, 6.45) is 0.653. The molecule has 0 aromatic heterocycles. The van der Waals surface area contributed by atoms with Crippen LogP contribution in [0.2, 0.25) is 0 Å². The van der Waals surface area contributed by atoms with Gasteiger partial charge in [-0.25, -0.2) is 0 Å². The van der Waals surface area contributed by atoms with E-state index in [1.807, 2.05) is 20.8 Å². The minimum atomic E-state index is -0.749. The number of ether oxygens (including phenoxy) is 2. The summed E-state index contributed by atoms with van der Waals surface area (Å²) in [7, 11) is 3.52. The molecule has 0 aliphatic carbocycles. The molecule has 0 heterocycles. The van der Waals surface area contributed by atoms with Crippen molar-refractivity contribution in [2.75, 3.05) is 19.8 Å². The van der Waals surface area contributed by atoms with Gasteiger partial charge >= 0.3 is 0 Å². The molecule has 0 aliphatic rings. The third kappa shape index (κ3) is 5.63. The van der Waals surface area contributed by atoms with Crippen molar-refractivity contribution in [3.05, 3.63) is 0 Å². The zero-order valence-corrected chi connectivity index (χ0v) is 11.0. The highest BCUT2D eigenvalue weighted by molar-refractivity contribution is 6.13. The van der Waals surface area contributed by atoms with Crippen molar-refractivity contribution < 1.29 is 9.47 Å². The SMILES string of the molecule is CCOC([Si])(CC(CN)C(C)N)OCC. The normalized spacial score (nSPS) is 16.4. The molecule has 0 spiro atoms. The number of hydrogen-bond acceptors (Lipinski definition) is 4. The Hall–Kier alpha value is 0.0569. The van der Waals surface area contributed by atoms with E-state index in [0.717, 1.165) is 0 Å². The maximum absolute atomic E-state index is 5.83. The van der Waals surface area contributed by atoms with Crippen LogP contribution < -0.4 is 11.5 Å². The van der Waals surface area contributed by atoms with Crippen molar-refractivity contribution in [3.63, 3.8) is 0 Å². The van der Waals surface area contributed by atoms with Gasteiger partial charge in [0, 0.05) is 25.7 Å². The molecule has 4 nitrogen and oxygen atoms in total. The lowest BCUT2D eigenvalue weighted by atomic mass is 9.98. The van der Waals surface area contributed by atoms with Crippen molar-refractivity contribution >= 4 is 10.2 Å². The molecule has 5 heteroatoms. The van der Waals surface area contributed by atoms with Crippen LogP contribution in [0.15, 0.2) is 0 Å². The van der Waals surface area contributed by atoms with Gasteiger partial charge < -0.3 is 20.9 Å². The number of rotatable bonds is 8. The molecule has 0 aromatic carbocycles. The van der Waals surface area contributed by atoms with Gasteiger partial charge in [0.2, 0.25) is 0 Å². The first-order valence-electron chi connectivity index (χ1n) is 5.47. The Morgan fingerprint density at radius 1 is 1.27 bits per heavy atom. The summed E-state index contributed by atoms with van der Waals surface area (Å²) >= 11 is 0. The molecule has 0 aliphatic heterocycles. The molecule has 0 saturated heterocycles. The first kappa shape index (κ1) is 15.1. The van der Waals surface area contributed by atoms with E-state index in [1.54, 1.807) is 0 Å². The lowest BCUT2D eigenvalue weighted by Gasteiger charge is -2.34. The number of nitrogens with two attached hydrogens (primary N) is 2. The lowest BCUT2D eigenvalue weighted by molar-refractivity contribution is -0.183. The van der Waals surface area contributed by atoms with Gasteiger partial charge in [0.25, 0.3) is 0 Å². The molecule has 89 valence electrons. The molecule has 0 amide bonds. The molecule has 15 heavy (non-hydrogen) atoms. The predicted molar refractivity (Wildman–Crippen MR) is 62.5 cm³/mol. The van der Waals surface area contributed by atoms with Gasteiger partial charge in [-0.1, -0.05) is 0 Å². The first-order chi connectivity index (χ1) is 6.99. The molecule has 0 bridgehead atoms. The fourth-order valence-electron chi connectivity index (χ4n) is 1.45. The van der Waals surface area contributed by atoms with Crippen LogP contribution in [0.5, 0.6) is 0 Å². The zero-order valence-electron chi connectivity index (χ0n) is 9.95. The molecule has 0 aromatic rings. The van der Waals surface area contributed by atoms with Crippen LogP contribution in [0.1, 0.15) is 27.2 Å². The average molecular weight is 231 g/mol. The van der Waals surface area contributed by atoms with Crippen LogP contribution in [-0.2, 0) is 9.47 Å². The van der Waals surface area contributed by atoms with E-state index in [2.05, 4.69) is 10.2 Å². The minimum absolute atomic E-state index is 0.0339. The summed E-state index contributed by atoms with van der Waals surface area (Å²) in [5.74, 6) is 0.181. The van der Waals surface area contributed by atoms with Crippen LogP contribution >= 0.6 is 0 Å². The highest BCUT2D eigenvalue weighted by Crippen LogP contribution is 2.21. The predicted octanol–water partition coefficient (Wildman–Crippen LogP) is 0.194. The summed E-state index contributed by atoms with van der Waals surface area (Å²) < 4.78 is 11.1. The van der Waals surface area contributed by atoms with Crippen LogP contribution in [0.3, 0.4) is 0 Å². The monoisotopic (exact) mass is 231 g/mol. The third-order valence-corrected chi connectivity index (χ3v) is 2.83. The lowest BCUT2D eigenvalue weighted by Crippen LogP contribution is -2.44. The van der Waals surface area contributed by atoms with Crippen LogP contribution in [0.4, 0.5) is 0 Å². The quantitative estimate of drug-likeness (QED) is 0.462. The van der Waals surface area contributed by atoms with Gasteiger partial charge in [-0.2, -0.15) is 0 Å². The van der Waals surface area contributed by atoms with E-state index in [-0.39, 0.29) is 12.0 Å². The molecular formula is C10H23N2O2Si. The van der Waals surface area contributed by atoms with Crippen LogP contribution in [0, 0.1) is 5.92 Å². The second-order valence-corrected chi connectivity index (χ2v) is 4.44. The highest BCUT2D eigenvalue weighted by atomic mass is 28.1. The van der Waals surface area contributed by atoms with E-state index in [0.29, 0.717) is 26.2 Å². The molecule has 0 saturated carbocycles. The standard InChI is InChI=1S/C10H23N2O2Si/c1-4-13-10(15,14-5-2)6-9(7-11)8(3)12/h8-9H,4-7,11-12H2,1-3H3. The van der Waals surface area contributed by atoms with E-state index in [4.69, 9.17) is 20.9 Å². The van der Waals surface area contributed by atoms with Gasteiger partial charge in [-0.15, -0.1) is 0 Å². The Morgan fingerprint density at radius 3 is 2.00 bits per heavy atom. The van der Waals surface area contributed by atoms with Gasteiger partial charge in [0.15, 0.2) is 0 Å². The van der Waals surface area contributed by atoms with E-state index in [1.165, 1.54) is 0 Å². The molecule has 0 fully saturated rings. The fourth-order valence-corrected chi connectivity index (χ4v) is 2.01. The average Bonchev–Trinajstić information content (AvgIpc) is 2.14. The summed E-state index contributed by atoms with van der Waals surface area (Å²) in [5.41, 5.74) is 10.7. The maximum Gasteiger partial charge on any atom is 0.144 e. The van der Waals surface area contributed by atoms with E-state index in [9.17, 15) is 0 Å². The smallest absolute Gasteiger partial charge is 0.144 e. The van der Waals surface area contributed by atoms with Crippen molar-refractivity contribution in [1.82, 2.24) is 0 Å². The van der Waals surface area contributed by atoms with Crippen molar-refractivity contribution in [3.8, 4) is 0 Å². The Kier molecular flexibility index (Phi) is 7.38. The van der Waals surface area contributed by atoms with E-state index >= 15 is 0 Å². The maximum atomic E-state index is 5.83. The van der Waals surface area contributed by atoms with E-state index < -0.39 is 5.41 Å². The number of hydrogen-bond donors (Lipinski definition) is 2. The van der Waals surface area contributed by atoms with Gasteiger partial charge in [-0.05, 0) is 33.2 Å². The fraction of sp³-hybridized carbons (Fsp3) is 1.00. The summed E-state index contributed by atoms with van der Waals surface area (Å²) in [5, 5.41) is 0. The van der Waals surface area contributed by atoms with Crippen molar-refractivity contribution in [2.45, 2.75) is 38.6 Å². The molecule has 3 radical (unpaired) electrons. The second kappa shape index (κ2) is 7.35. The second-order valence-electron chi connectivity index (χ2n) is 3.68.